The highest BCUT2D eigenvalue weighted by Gasteiger charge is 2.23. The van der Waals surface area contributed by atoms with E-state index < -0.39 is 5.97 Å². The summed E-state index contributed by atoms with van der Waals surface area (Å²) in [4.78, 5) is 24.2. The maximum Gasteiger partial charge on any atom is 0.317 e. The van der Waals surface area contributed by atoms with Crippen LogP contribution in [-0.4, -0.2) is 75.0 Å². The van der Waals surface area contributed by atoms with Gasteiger partial charge in [-0.15, -0.1) is 0 Å². The molecule has 0 aromatic rings. The van der Waals surface area contributed by atoms with Crippen molar-refractivity contribution in [1.82, 2.24) is 10.2 Å². The van der Waals surface area contributed by atoms with Crippen molar-refractivity contribution in [3.8, 4) is 0 Å². The van der Waals surface area contributed by atoms with Gasteiger partial charge in [-0.3, -0.25) is 9.59 Å². The van der Waals surface area contributed by atoms with Gasteiger partial charge < -0.3 is 24.8 Å². The van der Waals surface area contributed by atoms with Crippen molar-refractivity contribution in [3.05, 3.63) is 0 Å². The van der Waals surface area contributed by atoms with Gasteiger partial charge in [0.1, 0.15) is 6.61 Å². The number of carbonyl (C=O) groups is 2. The number of aliphatic carboxylic acids is 1. The predicted molar refractivity (Wildman–Crippen MR) is 72.5 cm³/mol. The highest BCUT2D eigenvalue weighted by molar-refractivity contribution is 5.77. The molecule has 1 saturated heterocycles. The third kappa shape index (κ3) is 6.83. The summed E-state index contributed by atoms with van der Waals surface area (Å²) >= 11 is 0. The van der Waals surface area contributed by atoms with Crippen LogP contribution in [0.25, 0.3) is 0 Å². The Bertz CT molecular complexity index is 311. The Balaban J connectivity index is 2.21. The molecule has 1 unspecified atom stereocenters. The third-order valence-corrected chi connectivity index (χ3v) is 3.24. The van der Waals surface area contributed by atoms with Gasteiger partial charge in [-0.05, 0) is 18.8 Å². The molecule has 0 spiro atoms. The lowest BCUT2D eigenvalue weighted by Crippen LogP contribution is -2.44. The van der Waals surface area contributed by atoms with Gasteiger partial charge in [-0.2, -0.15) is 0 Å². The SMILES string of the molecule is COCCOCC(=O)N1CCCC(CNCC(=O)O)C1. The van der Waals surface area contributed by atoms with E-state index in [0.29, 0.717) is 32.2 Å². The number of hydrogen-bond acceptors (Lipinski definition) is 5. The quantitative estimate of drug-likeness (QED) is 0.559. The van der Waals surface area contributed by atoms with Gasteiger partial charge in [0.25, 0.3) is 0 Å². The van der Waals surface area contributed by atoms with E-state index in [1.54, 1.807) is 12.0 Å². The van der Waals surface area contributed by atoms with Gasteiger partial charge >= 0.3 is 5.97 Å². The van der Waals surface area contributed by atoms with E-state index in [2.05, 4.69) is 5.32 Å². The molecule has 1 amide bonds. The fourth-order valence-electron chi connectivity index (χ4n) is 2.23. The molecule has 0 saturated carbocycles. The minimum absolute atomic E-state index is 0.0102. The first-order chi connectivity index (χ1) is 9.63. The molecular weight excluding hydrogens is 264 g/mol. The van der Waals surface area contributed by atoms with Crippen molar-refractivity contribution in [3.63, 3.8) is 0 Å². The van der Waals surface area contributed by atoms with Crippen LogP contribution in [0.4, 0.5) is 0 Å². The second-order valence-corrected chi connectivity index (χ2v) is 4.92. The summed E-state index contributed by atoms with van der Waals surface area (Å²) in [7, 11) is 1.59. The lowest BCUT2D eigenvalue weighted by molar-refractivity contribution is -0.139. The molecule has 0 bridgehead atoms. The van der Waals surface area contributed by atoms with Crippen LogP contribution in [0.3, 0.4) is 0 Å². The number of likely N-dealkylation sites (tertiary alicyclic amines) is 1. The zero-order valence-corrected chi connectivity index (χ0v) is 12.0. The van der Waals surface area contributed by atoms with Gasteiger partial charge in [-0.25, -0.2) is 0 Å². The van der Waals surface area contributed by atoms with E-state index in [0.717, 1.165) is 19.4 Å². The molecule has 7 nitrogen and oxygen atoms in total. The Morgan fingerprint density at radius 1 is 1.40 bits per heavy atom. The summed E-state index contributed by atoms with van der Waals surface area (Å²) < 4.78 is 10.1. The molecule has 0 radical (unpaired) electrons. The van der Waals surface area contributed by atoms with Crippen LogP contribution >= 0.6 is 0 Å². The molecule has 1 heterocycles. The van der Waals surface area contributed by atoms with Crippen molar-refractivity contribution in [2.24, 2.45) is 5.92 Å². The largest absolute Gasteiger partial charge is 0.480 e. The average Bonchev–Trinajstić information content (AvgIpc) is 2.43. The maximum atomic E-state index is 11.9. The lowest BCUT2D eigenvalue weighted by Gasteiger charge is -2.32. The van der Waals surface area contributed by atoms with Crippen LogP contribution in [-0.2, 0) is 19.1 Å². The Hall–Kier alpha value is -1.18. The number of carbonyl (C=O) groups excluding carboxylic acids is 1. The number of nitrogens with zero attached hydrogens (tertiary/aromatic N) is 1. The number of piperidine rings is 1. The summed E-state index contributed by atoms with van der Waals surface area (Å²) in [5, 5.41) is 11.5. The molecule has 0 aromatic heterocycles. The van der Waals surface area contributed by atoms with Crippen molar-refractivity contribution in [2.75, 3.05) is 53.1 Å². The first kappa shape index (κ1) is 16.9. The molecule has 0 aromatic carbocycles. The van der Waals surface area contributed by atoms with Gasteiger partial charge in [0.05, 0.1) is 19.8 Å². The Morgan fingerprint density at radius 2 is 2.20 bits per heavy atom. The first-order valence-corrected chi connectivity index (χ1v) is 6.90. The number of methoxy groups -OCH3 is 1. The van der Waals surface area contributed by atoms with E-state index in [1.165, 1.54) is 0 Å². The highest BCUT2D eigenvalue weighted by Crippen LogP contribution is 2.15. The Kier molecular flexibility index (Phi) is 8.17. The summed E-state index contributed by atoms with van der Waals surface area (Å²) in [6.07, 6.45) is 1.96. The van der Waals surface area contributed by atoms with Gasteiger partial charge in [0.15, 0.2) is 0 Å². The van der Waals surface area contributed by atoms with Gasteiger partial charge in [0.2, 0.25) is 5.91 Å². The minimum Gasteiger partial charge on any atom is -0.480 e. The van der Waals surface area contributed by atoms with Crippen molar-refractivity contribution < 1.29 is 24.2 Å². The number of amides is 1. The van der Waals surface area contributed by atoms with Gasteiger partial charge in [-0.1, -0.05) is 0 Å². The lowest BCUT2D eigenvalue weighted by atomic mass is 9.98. The fourth-order valence-corrected chi connectivity index (χ4v) is 2.23. The molecule has 20 heavy (non-hydrogen) atoms. The fraction of sp³-hybridized carbons (Fsp3) is 0.846. The average molecular weight is 288 g/mol. The summed E-state index contributed by atoms with van der Waals surface area (Å²) in [6, 6.07) is 0. The van der Waals surface area contributed by atoms with E-state index in [-0.39, 0.29) is 19.1 Å². The summed E-state index contributed by atoms with van der Waals surface area (Å²) in [5.41, 5.74) is 0. The molecule has 1 atom stereocenters. The highest BCUT2D eigenvalue weighted by atomic mass is 16.5. The van der Waals surface area contributed by atoms with E-state index in [4.69, 9.17) is 14.6 Å². The van der Waals surface area contributed by atoms with Crippen LogP contribution in [0.5, 0.6) is 0 Å². The zero-order chi connectivity index (χ0) is 14.8. The van der Waals surface area contributed by atoms with Crippen LogP contribution in [0.15, 0.2) is 0 Å². The molecule has 1 rings (SSSR count). The second kappa shape index (κ2) is 9.68. The summed E-state index contributed by atoms with van der Waals surface area (Å²) in [5.74, 6) is -0.560. The van der Waals surface area contributed by atoms with Crippen molar-refractivity contribution >= 4 is 11.9 Å². The molecule has 1 aliphatic heterocycles. The van der Waals surface area contributed by atoms with E-state index >= 15 is 0 Å². The normalized spacial score (nSPS) is 19.1. The summed E-state index contributed by atoms with van der Waals surface area (Å²) in [6.45, 7) is 2.99. The van der Waals surface area contributed by atoms with Crippen molar-refractivity contribution in [1.29, 1.82) is 0 Å². The zero-order valence-electron chi connectivity index (χ0n) is 12.0. The van der Waals surface area contributed by atoms with Crippen molar-refractivity contribution in [2.45, 2.75) is 12.8 Å². The molecule has 7 heteroatoms. The Labute approximate surface area is 119 Å². The van der Waals surface area contributed by atoms with Crippen LogP contribution in [0.1, 0.15) is 12.8 Å². The number of ether oxygens (including phenoxy) is 2. The first-order valence-electron chi connectivity index (χ1n) is 6.90. The maximum absolute atomic E-state index is 11.9. The van der Waals surface area contributed by atoms with Crippen LogP contribution < -0.4 is 5.32 Å². The third-order valence-electron chi connectivity index (χ3n) is 3.24. The topological polar surface area (TPSA) is 88.1 Å². The standard InChI is InChI=1S/C13H24N2O5/c1-19-5-6-20-10-12(16)15-4-2-3-11(9-15)7-14-8-13(17)18/h11,14H,2-10H2,1H3,(H,17,18). The number of carboxylic acid groups (broad SMARTS) is 1. The Morgan fingerprint density at radius 3 is 2.90 bits per heavy atom. The molecule has 1 aliphatic rings. The van der Waals surface area contributed by atoms with E-state index in [1.807, 2.05) is 0 Å². The molecule has 116 valence electrons. The number of rotatable bonds is 9. The molecule has 0 aliphatic carbocycles. The minimum atomic E-state index is -0.861. The van der Waals surface area contributed by atoms with Crippen LogP contribution in [0, 0.1) is 5.92 Å². The second-order valence-electron chi connectivity index (χ2n) is 4.92. The number of carboxylic acids is 1. The van der Waals surface area contributed by atoms with Crippen LogP contribution in [0.2, 0.25) is 0 Å². The monoisotopic (exact) mass is 288 g/mol. The number of nitrogens with one attached hydrogen (secondary N) is 1. The number of hydrogen-bond donors (Lipinski definition) is 2. The van der Waals surface area contributed by atoms with E-state index in [9.17, 15) is 9.59 Å². The smallest absolute Gasteiger partial charge is 0.317 e. The predicted octanol–water partition coefficient (Wildman–Crippen LogP) is -0.438. The molecule has 1 fully saturated rings. The van der Waals surface area contributed by atoms with Gasteiger partial charge in [0, 0.05) is 26.7 Å². The molecular formula is C13H24N2O5. The molecule has 2 N–H and O–H groups in total.